The van der Waals surface area contributed by atoms with Gasteiger partial charge in [0.15, 0.2) is 11.5 Å². The minimum atomic E-state index is -4.63. The first-order valence-corrected chi connectivity index (χ1v) is 15.0. The number of carbonyl (C=O) groups excluding carboxylic acids is 2. The number of hydrogen-bond donors (Lipinski definition) is 4. The highest BCUT2D eigenvalue weighted by atomic mass is 35.5. The molecule has 2 amide bonds. The molecule has 5 N–H and O–H groups in total. The molecule has 5 rings (SSSR count). The topological polar surface area (TPSA) is 150 Å². The van der Waals surface area contributed by atoms with Gasteiger partial charge in [-0.15, -0.1) is 10.2 Å². The van der Waals surface area contributed by atoms with E-state index >= 15 is 0 Å². The number of halogens is 4. The number of primary amides is 1. The summed E-state index contributed by atoms with van der Waals surface area (Å²) in [6, 6.07) is 9.15. The van der Waals surface area contributed by atoms with Crippen LogP contribution < -0.4 is 21.3 Å². The molecular weight excluding hydrogens is 613 g/mol. The number of amides is 2. The van der Waals surface area contributed by atoms with Gasteiger partial charge < -0.3 is 31.3 Å². The van der Waals surface area contributed by atoms with Gasteiger partial charge >= 0.3 is 6.18 Å². The third kappa shape index (κ3) is 7.39. The zero-order valence-electron chi connectivity index (χ0n) is 24.7. The normalized spacial score (nSPS) is 20.8. The summed E-state index contributed by atoms with van der Waals surface area (Å²) >= 11 is 5.92. The number of likely N-dealkylation sites (tertiary alicyclic amines) is 1. The first-order chi connectivity index (χ1) is 21.3. The van der Waals surface area contributed by atoms with Crippen LogP contribution in [0.1, 0.15) is 60.6 Å². The van der Waals surface area contributed by atoms with E-state index in [0.717, 1.165) is 17.7 Å². The van der Waals surface area contributed by atoms with Crippen molar-refractivity contribution in [3.63, 3.8) is 0 Å². The number of aromatic nitrogens is 3. The lowest BCUT2D eigenvalue weighted by Crippen LogP contribution is -2.60. The molecule has 0 unspecified atom stereocenters. The van der Waals surface area contributed by atoms with E-state index in [2.05, 4.69) is 39.7 Å². The number of benzene rings is 2. The Kier molecular flexibility index (Phi) is 9.35. The number of nitrogens with one attached hydrogen (secondary N) is 2. The number of aliphatic hydroxyl groups is 1. The molecular formula is C30H34ClF3N8O3. The molecule has 2 saturated heterocycles. The molecule has 3 aromatic rings. The molecule has 0 saturated carbocycles. The zero-order chi connectivity index (χ0) is 32.5. The van der Waals surface area contributed by atoms with E-state index in [-0.39, 0.29) is 47.2 Å². The Hall–Kier alpha value is -4.17. The largest absolute Gasteiger partial charge is 0.416 e. The van der Waals surface area contributed by atoms with Crippen LogP contribution in [0.3, 0.4) is 0 Å². The Balaban J connectivity index is 1.33. The van der Waals surface area contributed by atoms with Crippen molar-refractivity contribution in [2.45, 2.75) is 63.4 Å². The van der Waals surface area contributed by atoms with Crippen molar-refractivity contribution < 1.29 is 27.9 Å². The van der Waals surface area contributed by atoms with Gasteiger partial charge in [0.1, 0.15) is 6.04 Å². The number of nitrogens with zero attached hydrogens (tertiary/aromatic N) is 5. The van der Waals surface area contributed by atoms with Crippen LogP contribution in [0.2, 0.25) is 5.02 Å². The van der Waals surface area contributed by atoms with Crippen LogP contribution in [0.25, 0.3) is 0 Å². The van der Waals surface area contributed by atoms with Gasteiger partial charge in [-0.2, -0.15) is 18.2 Å². The first kappa shape index (κ1) is 32.2. The Labute approximate surface area is 263 Å². The second-order valence-corrected chi connectivity index (χ2v) is 12.0. The summed E-state index contributed by atoms with van der Waals surface area (Å²) in [6.07, 6.45) is -4.19. The Morgan fingerprint density at radius 3 is 2.49 bits per heavy atom. The number of carbonyl (C=O) groups is 2. The minimum Gasteiger partial charge on any atom is -0.390 e. The molecule has 2 aliphatic rings. The number of piperidine rings is 2. The molecule has 2 aliphatic heterocycles. The van der Waals surface area contributed by atoms with E-state index < -0.39 is 35.7 Å². The lowest BCUT2D eigenvalue weighted by molar-refractivity contribution is -0.141. The van der Waals surface area contributed by atoms with Crippen LogP contribution in [0.5, 0.6) is 0 Å². The fourth-order valence-corrected chi connectivity index (χ4v) is 5.85. The summed E-state index contributed by atoms with van der Waals surface area (Å²) in [4.78, 5) is 33.8. The summed E-state index contributed by atoms with van der Waals surface area (Å²) < 4.78 is 40.0. The third-order valence-electron chi connectivity index (χ3n) is 8.02. The monoisotopic (exact) mass is 646 g/mol. The summed E-state index contributed by atoms with van der Waals surface area (Å²) in [5.74, 6) is -0.501. The molecule has 0 aliphatic carbocycles. The second-order valence-electron chi connectivity index (χ2n) is 11.6. The molecule has 0 spiro atoms. The van der Waals surface area contributed by atoms with Crippen LogP contribution in [0.15, 0.2) is 42.5 Å². The van der Waals surface area contributed by atoms with Gasteiger partial charge in [-0.3, -0.25) is 9.59 Å². The van der Waals surface area contributed by atoms with Crippen molar-refractivity contribution in [1.82, 2.24) is 20.1 Å². The summed E-state index contributed by atoms with van der Waals surface area (Å²) in [5, 5.41) is 24.6. The van der Waals surface area contributed by atoms with Crippen molar-refractivity contribution in [3.8, 4) is 0 Å². The number of hydrogen-bond acceptors (Lipinski definition) is 9. The highest BCUT2D eigenvalue weighted by Gasteiger charge is 2.41. The molecule has 45 heavy (non-hydrogen) atoms. The predicted octanol–water partition coefficient (Wildman–Crippen LogP) is 4.55. The second kappa shape index (κ2) is 13.1. The first-order valence-electron chi connectivity index (χ1n) is 14.6. The number of rotatable bonds is 8. The van der Waals surface area contributed by atoms with Gasteiger partial charge in [-0.1, -0.05) is 37.6 Å². The minimum absolute atomic E-state index is 0.0211. The number of nitrogens with two attached hydrogens (primary N) is 1. The van der Waals surface area contributed by atoms with E-state index in [4.69, 9.17) is 17.3 Å². The SMILES string of the molecule is CC(C)c1ccc(Nc2nc(N3CCC[C@@H](N4CC[C@H](O)[C@@H](Nc5cc(Cl)cc(C(F)(F)F)c5)C4=O)C3)nnc2C(N)=O)cc1. The maximum absolute atomic E-state index is 13.6. The fraction of sp³-hybridized carbons (Fsp3) is 0.433. The van der Waals surface area contributed by atoms with Crippen molar-refractivity contribution in [3.05, 3.63) is 64.3 Å². The van der Waals surface area contributed by atoms with E-state index in [1.54, 1.807) is 4.90 Å². The Morgan fingerprint density at radius 1 is 1.09 bits per heavy atom. The van der Waals surface area contributed by atoms with E-state index in [9.17, 15) is 27.9 Å². The molecule has 11 nitrogen and oxygen atoms in total. The smallest absolute Gasteiger partial charge is 0.390 e. The van der Waals surface area contributed by atoms with Crippen molar-refractivity contribution in [2.75, 3.05) is 35.2 Å². The molecule has 2 fully saturated rings. The average Bonchev–Trinajstić information content (AvgIpc) is 2.99. The van der Waals surface area contributed by atoms with Crippen LogP contribution in [-0.2, 0) is 11.0 Å². The van der Waals surface area contributed by atoms with Crippen molar-refractivity contribution in [1.29, 1.82) is 0 Å². The highest BCUT2D eigenvalue weighted by molar-refractivity contribution is 6.31. The molecule has 0 bridgehead atoms. The standard InChI is InChI=1S/C30H34ClF3N8O3/c1-16(2)17-5-7-20(8-6-17)37-27-25(26(35)44)39-40-29(38-27)41-10-3-4-22(15-41)42-11-9-23(43)24(28(42)45)36-21-13-18(30(32,33)34)12-19(31)14-21/h5-8,12-14,16,22-24,36,43H,3-4,9-11,15H2,1-2H3,(H2,35,44)(H,37,38,40)/t22-,23+,24-/m1/s1. The highest BCUT2D eigenvalue weighted by Crippen LogP contribution is 2.34. The molecule has 15 heteroatoms. The van der Waals surface area contributed by atoms with Gasteiger partial charge in [0.25, 0.3) is 5.91 Å². The number of alkyl halides is 3. The molecule has 0 radical (unpaired) electrons. The zero-order valence-corrected chi connectivity index (χ0v) is 25.4. The molecule has 3 atom stereocenters. The Bertz CT molecular complexity index is 1560. The molecule has 2 aromatic carbocycles. The number of aliphatic hydroxyl groups excluding tert-OH is 1. The van der Waals surface area contributed by atoms with Gasteiger partial charge in [0.05, 0.1) is 11.7 Å². The summed E-state index contributed by atoms with van der Waals surface area (Å²) in [5.41, 5.74) is 6.27. The van der Waals surface area contributed by atoms with Crippen LogP contribution >= 0.6 is 11.6 Å². The molecule has 3 heterocycles. The van der Waals surface area contributed by atoms with Gasteiger partial charge in [0.2, 0.25) is 11.9 Å². The third-order valence-corrected chi connectivity index (χ3v) is 8.23. The van der Waals surface area contributed by atoms with Gasteiger partial charge in [-0.25, -0.2) is 0 Å². The van der Waals surface area contributed by atoms with Crippen LogP contribution in [-0.4, -0.2) is 74.8 Å². The quantitative estimate of drug-likeness (QED) is 0.276. The van der Waals surface area contributed by atoms with E-state index in [0.29, 0.717) is 37.5 Å². The van der Waals surface area contributed by atoms with Crippen molar-refractivity contribution in [2.24, 2.45) is 5.73 Å². The maximum atomic E-state index is 13.6. The van der Waals surface area contributed by atoms with E-state index in [1.807, 2.05) is 29.2 Å². The lowest BCUT2D eigenvalue weighted by Gasteiger charge is -2.44. The van der Waals surface area contributed by atoms with Crippen LogP contribution in [0.4, 0.5) is 36.3 Å². The number of anilines is 4. The average molecular weight is 647 g/mol. The summed E-state index contributed by atoms with van der Waals surface area (Å²) in [7, 11) is 0. The predicted molar refractivity (Wildman–Crippen MR) is 164 cm³/mol. The Morgan fingerprint density at radius 2 is 1.82 bits per heavy atom. The van der Waals surface area contributed by atoms with Gasteiger partial charge in [-0.05, 0) is 61.1 Å². The van der Waals surface area contributed by atoms with Crippen LogP contribution in [0, 0.1) is 0 Å². The molecule has 240 valence electrons. The van der Waals surface area contributed by atoms with Crippen molar-refractivity contribution >= 4 is 46.6 Å². The van der Waals surface area contributed by atoms with E-state index in [1.165, 1.54) is 6.07 Å². The van der Waals surface area contributed by atoms with Gasteiger partial charge in [0, 0.05) is 42.1 Å². The summed E-state index contributed by atoms with van der Waals surface area (Å²) in [6.45, 7) is 5.33. The lowest BCUT2D eigenvalue weighted by atomic mass is 9.95. The maximum Gasteiger partial charge on any atom is 0.416 e. The fourth-order valence-electron chi connectivity index (χ4n) is 5.61. The molecule has 1 aromatic heterocycles.